The van der Waals surface area contributed by atoms with Crippen molar-refractivity contribution in [2.45, 2.75) is 225 Å². The molecule has 106 heavy (non-hydrogen) atoms. The zero-order valence-electron chi connectivity index (χ0n) is 64.4. The fourth-order valence-corrected chi connectivity index (χ4v) is 15.3. The van der Waals surface area contributed by atoms with Crippen LogP contribution in [0.25, 0.3) is 0 Å². The molecule has 2 heterocycles. The first-order valence-electron chi connectivity index (χ1n) is 36.9. The minimum atomic E-state index is -1.14. The lowest BCUT2D eigenvalue weighted by Crippen LogP contribution is -2.60. The Balaban J connectivity index is 1.15. The second-order valence-corrected chi connectivity index (χ2v) is 30.6. The normalized spacial score (nSPS) is 18.5. The van der Waals surface area contributed by atoms with Gasteiger partial charge in [0, 0.05) is 77.8 Å². The van der Waals surface area contributed by atoms with Gasteiger partial charge in [0.25, 0.3) is 0 Å². The zero-order chi connectivity index (χ0) is 78.9. The zero-order valence-corrected chi connectivity index (χ0v) is 65.2. The van der Waals surface area contributed by atoms with Crippen molar-refractivity contribution in [3.05, 3.63) is 59.7 Å². The van der Waals surface area contributed by atoms with Crippen molar-refractivity contribution in [1.29, 1.82) is 0 Å². The number of ether oxygens (including phenoxy) is 4. The summed E-state index contributed by atoms with van der Waals surface area (Å²) < 4.78 is 23.1. The van der Waals surface area contributed by atoms with Crippen LogP contribution in [-0.2, 0) is 68.8 Å². The number of urea groups is 1. The molecule has 2 aromatic rings. The number of imide groups is 1. The number of oxime groups is 1. The highest BCUT2D eigenvalue weighted by molar-refractivity contribution is 8.00. The number of anilines is 1. The fraction of sp³-hybridized carbons (Fsp3) is 0.667. The van der Waals surface area contributed by atoms with Crippen molar-refractivity contribution in [3.8, 4) is 5.75 Å². The largest absolute Gasteiger partial charge is 0.497 e. The summed E-state index contributed by atoms with van der Waals surface area (Å²) in [4.78, 5) is 167. The van der Waals surface area contributed by atoms with E-state index in [9.17, 15) is 67.8 Å². The molecule has 2 aliphatic heterocycles. The van der Waals surface area contributed by atoms with Crippen LogP contribution >= 0.6 is 11.8 Å². The molecule has 2 saturated heterocycles. The number of nitrogens with two attached hydrogens (primary N) is 1. The van der Waals surface area contributed by atoms with E-state index in [0.717, 1.165) is 17.7 Å². The summed E-state index contributed by atoms with van der Waals surface area (Å²) in [7, 11) is 7.55. The molecule has 2 unspecified atom stereocenters. The molecule has 10 N–H and O–H groups in total. The number of hydrogen-bond donors (Lipinski definition) is 9. The number of rotatable bonds is 44. The van der Waals surface area contributed by atoms with Gasteiger partial charge in [-0.15, -0.1) is 11.8 Å². The lowest BCUT2D eigenvalue weighted by Gasteiger charge is -2.41. The Bertz CT molecular complexity index is 3370. The number of likely N-dealkylation sites (tertiary alicyclic amines) is 2. The number of primary amides is 1. The molecule has 2 aromatic carbocycles. The maximum atomic E-state index is 14.9. The van der Waals surface area contributed by atoms with E-state index in [1.54, 1.807) is 116 Å². The third-order valence-corrected chi connectivity index (χ3v) is 21.9. The van der Waals surface area contributed by atoms with Crippen molar-refractivity contribution in [2.75, 3.05) is 66.1 Å². The molecule has 1 aliphatic carbocycles. The van der Waals surface area contributed by atoms with E-state index < -0.39 is 131 Å². The monoisotopic (exact) mass is 1500 g/mol. The number of carboxylic acids is 1. The van der Waals surface area contributed by atoms with Gasteiger partial charge in [0.15, 0.2) is 0 Å². The van der Waals surface area contributed by atoms with Crippen molar-refractivity contribution >= 4 is 94.4 Å². The predicted molar refractivity (Wildman–Crippen MR) is 399 cm³/mol. The van der Waals surface area contributed by atoms with Crippen molar-refractivity contribution in [2.24, 2.45) is 45.9 Å². The molecule has 3 fully saturated rings. The summed E-state index contributed by atoms with van der Waals surface area (Å²) in [5, 5.41) is 38.9. The SMILES string of the molecule is CC[C@H](C)C([C@@H](CC(=O)N1CCC[C@H]1[C@H](OC)[C@@H](C)C(=O)N[C@H](C)/C(=N/O)c1cccc(OC)c1)OC)N(C)C(=O)[C@@H](NC(=O)[C@H](C(C)C)N(C)C(=O)OCc1ccc(NC(=O)[C@H](CCCNC(N)=O)NC(=O)[C@@H](NC(=O)CCCCCN2C(=O)CC(SCC3(CC(=O)O)CC3)C2=O)C(C)C)cc1)C(C)C. The van der Waals surface area contributed by atoms with Crippen LogP contribution in [0.5, 0.6) is 5.75 Å². The molecule has 3 aliphatic rings. The molecule has 30 nitrogen and oxygen atoms in total. The van der Waals surface area contributed by atoms with Crippen molar-refractivity contribution in [1.82, 2.24) is 46.2 Å². The molecule has 31 heteroatoms. The van der Waals surface area contributed by atoms with Crippen LogP contribution in [-0.4, -0.2) is 227 Å². The van der Waals surface area contributed by atoms with Crippen LogP contribution in [0.15, 0.2) is 53.7 Å². The molecule has 0 bridgehead atoms. The Kier molecular flexibility index (Phi) is 35.0. The Morgan fingerprint density at radius 2 is 1.46 bits per heavy atom. The molecule has 0 aromatic heterocycles. The maximum absolute atomic E-state index is 14.9. The number of benzene rings is 2. The van der Waals surface area contributed by atoms with Gasteiger partial charge in [-0.2, -0.15) is 0 Å². The molecule has 0 spiro atoms. The van der Waals surface area contributed by atoms with E-state index in [2.05, 4.69) is 37.1 Å². The van der Waals surface area contributed by atoms with Crippen LogP contribution in [0.2, 0.25) is 0 Å². The van der Waals surface area contributed by atoms with E-state index in [-0.39, 0.29) is 98.9 Å². The van der Waals surface area contributed by atoms with Gasteiger partial charge in [-0.25, -0.2) is 9.59 Å². The summed E-state index contributed by atoms with van der Waals surface area (Å²) >= 11 is 1.35. The minimum Gasteiger partial charge on any atom is -0.497 e. The number of carbonyl (C=O) groups is 12. The number of unbranched alkanes of at least 4 members (excludes halogenated alkanes) is 2. The van der Waals surface area contributed by atoms with Gasteiger partial charge in [0.05, 0.1) is 61.5 Å². The molecule has 1 saturated carbocycles. The lowest BCUT2D eigenvalue weighted by molar-refractivity contribution is -0.148. The quantitative estimate of drug-likeness (QED) is 0.0114. The van der Waals surface area contributed by atoms with Gasteiger partial charge in [-0.1, -0.05) is 105 Å². The number of aliphatic carboxylic acids is 1. The third kappa shape index (κ3) is 25.3. The van der Waals surface area contributed by atoms with Gasteiger partial charge < -0.3 is 76.7 Å². The second-order valence-electron chi connectivity index (χ2n) is 29.4. The summed E-state index contributed by atoms with van der Waals surface area (Å²) in [6.07, 6.45) is 2.72. The summed E-state index contributed by atoms with van der Waals surface area (Å²) in [5.41, 5.74) is 6.56. The highest BCUT2D eigenvalue weighted by Crippen LogP contribution is 2.52. The van der Waals surface area contributed by atoms with Gasteiger partial charge in [-0.05, 0) is 117 Å². The number of thioether (sulfide) groups is 1. The van der Waals surface area contributed by atoms with E-state index >= 15 is 0 Å². The van der Waals surface area contributed by atoms with Crippen LogP contribution < -0.4 is 42.4 Å². The standard InChI is InChI=1S/C75H116N12O18S/c1-16-46(8)65(55(103-14)38-58(89)86-36-22-26-54(86)66(104-15)47(9)67(93)78-48(10)63(83-101)50-23-20-24-52(37-50)102-13)84(11)72(98)62(44(4)5)82-70(96)64(45(6)7)85(12)74(100)105-41-49-28-30-51(31-29-49)79-68(94)53(25-21-34-77-73(76)99)80-69(95)61(43(2)3)81-57(88)27-18-17-19-35-87-59(90)39-56(71(87)97)106-42-75(32-33-75)40-60(91)92/h20,23-24,28-31,37,43-48,53-56,61-62,64-66,101H,16-19,21-22,25-27,32-36,38-42H2,1-15H3,(H,78,93)(H,79,94)(H,80,95)(H,81,88)(H,82,96)(H,91,92)(H3,76,77,99)/b83-63-/t46-,47+,48+,53-,54-,55+,56?,61-,62-,64-,65?,66+/m0/s1. The number of carboxylic acid groups (broad SMARTS) is 1. The Morgan fingerprint density at radius 3 is 2.05 bits per heavy atom. The topological polar surface area (TPSA) is 406 Å². The van der Waals surface area contributed by atoms with Crippen LogP contribution in [0.1, 0.15) is 170 Å². The van der Waals surface area contributed by atoms with Gasteiger partial charge in [0.2, 0.25) is 53.2 Å². The summed E-state index contributed by atoms with van der Waals surface area (Å²) in [6, 6.07) is 6.29. The van der Waals surface area contributed by atoms with Crippen LogP contribution in [0.3, 0.4) is 0 Å². The highest BCUT2D eigenvalue weighted by Gasteiger charge is 2.48. The molecule has 0 radical (unpaired) electrons. The first kappa shape index (κ1) is 88.1. The molecular weight excluding hydrogens is 1390 g/mol. The first-order valence-corrected chi connectivity index (χ1v) is 37.9. The fourth-order valence-electron chi connectivity index (χ4n) is 13.8. The van der Waals surface area contributed by atoms with Crippen LogP contribution in [0, 0.1) is 35.0 Å². The average Bonchev–Trinajstić information content (AvgIpc) is 1.61. The number of hydrogen-bond acceptors (Lipinski definition) is 19. The van der Waals surface area contributed by atoms with E-state index in [1.807, 2.05) is 13.8 Å². The average molecular weight is 1510 g/mol. The van der Waals surface area contributed by atoms with E-state index in [0.29, 0.717) is 73.4 Å². The minimum absolute atomic E-state index is 0.0415. The maximum Gasteiger partial charge on any atom is 0.410 e. The first-order chi connectivity index (χ1) is 50.2. The molecule has 590 valence electrons. The van der Waals surface area contributed by atoms with Gasteiger partial charge >= 0.3 is 18.1 Å². The Morgan fingerprint density at radius 1 is 0.783 bits per heavy atom. The number of methoxy groups -OCH3 is 3. The number of carbonyl (C=O) groups excluding carboxylic acids is 11. The Labute approximate surface area is 627 Å². The van der Waals surface area contributed by atoms with Gasteiger partial charge in [-0.3, -0.25) is 57.7 Å². The predicted octanol–water partition coefficient (Wildman–Crippen LogP) is 6.42. The molecular formula is C75H116N12O18S. The van der Waals surface area contributed by atoms with E-state index in [1.165, 1.54) is 49.9 Å². The lowest BCUT2D eigenvalue weighted by atomic mass is 9.89. The summed E-state index contributed by atoms with van der Waals surface area (Å²) in [6.45, 7) is 18.4. The van der Waals surface area contributed by atoms with Crippen molar-refractivity contribution < 1.29 is 86.8 Å². The second kappa shape index (κ2) is 42.1. The molecule has 12 atom stereocenters. The number of likely N-dealkylation sites (N-methyl/N-ethyl adjacent to an activating group) is 2. The Hall–Kier alpha value is -8.58. The molecule has 5 rings (SSSR count). The smallest absolute Gasteiger partial charge is 0.410 e. The van der Waals surface area contributed by atoms with E-state index in [4.69, 9.17) is 24.7 Å². The highest BCUT2D eigenvalue weighted by atomic mass is 32.2. The number of amides is 12. The van der Waals surface area contributed by atoms with Gasteiger partial charge in [0.1, 0.15) is 42.2 Å². The number of nitrogens with zero attached hydrogens (tertiary/aromatic N) is 5. The summed E-state index contributed by atoms with van der Waals surface area (Å²) in [5.74, 6) is -5.98. The number of nitrogens with one attached hydrogen (secondary N) is 6. The molecule has 12 amide bonds. The third-order valence-electron chi connectivity index (χ3n) is 20.3. The van der Waals surface area contributed by atoms with Crippen molar-refractivity contribution in [3.63, 3.8) is 0 Å². The van der Waals surface area contributed by atoms with Crippen LogP contribution in [0.4, 0.5) is 15.3 Å².